The van der Waals surface area contributed by atoms with Crippen LogP contribution in [0.1, 0.15) is 13.8 Å². The number of aromatic nitrogens is 1. The number of pyridine rings is 1. The van der Waals surface area contributed by atoms with Crippen LogP contribution in [-0.2, 0) is 10.0 Å². The van der Waals surface area contributed by atoms with Crippen LogP contribution >= 0.6 is 23.2 Å². The molecule has 0 aliphatic rings. The molecule has 0 saturated heterocycles. The van der Waals surface area contributed by atoms with Crippen LogP contribution in [0.2, 0.25) is 10.2 Å². The second-order valence-corrected chi connectivity index (χ2v) is 6.80. The van der Waals surface area contributed by atoms with E-state index in [1.54, 1.807) is 13.8 Å². The molecule has 1 heterocycles. The van der Waals surface area contributed by atoms with Crippen molar-refractivity contribution in [1.82, 2.24) is 9.71 Å². The molecule has 1 rings (SSSR count). The Kier molecular flexibility index (Phi) is 4.56. The molecule has 0 aliphatic heterocycles. The molecule has 0 bridgehead atoms. The molecule has 0 saturated carbocycles. The summed E-state index contributed by atoms with van der Waals surface area (Å²) in [5.41, 5.74) is -0.795. The number of sulfonamides is 1. The highest BCUT2D eigenvalue weighted by molar-refractivity contribution is 7.89. The molecule has 0 unspecified atom stereocenters. The zero-order chi connectivity index (χ0) is 14.0. The lowest BCUT2D eigenvalue weighted by atomic mass is 9.97. The summed E-state index contributed by atoms with van der Waals surface area (Å²) in [6, 6.07) is 3.20. The quantitative estimate of drug-likeness (QED) is 0.865. The Morgan fingerprint density at radius 3 is 2.61 bits per heavy atom. The summed E-state index contributed by atoms with van der Waals surface area (Å²) in [5, 5.41) is 8.90. The molecule has 0 amide bonds. The summed E-state index contributed by atoms with van der Waals surface area (Å²) < 4.78 is 26.1. The van der Waals surface area contributed by atoms with E-state index in [1.165, 1.54) is 6.07 Å². The van der Waals surface area contributed by atoms with E-state index in [0.29, 0.717) is 0 Å². The standard InChI is InChI=1S/C10H11Cl2N3O2S/c1-10(2,5-13)6-15-18(16,17)7-3-8(11)9(12)14-4-7/h3-4,15H,6H2,1-2H3. The molecule has 98 valence electrons. The van der Waals surface area contributed by atoms with Crippen LogP contribution in [0.5, 0.6) is 0 Å². The zero-order valence-electron chi connectivity index (χ0n) is 9.74. The lowest BCUT2D eigenvalue weighted by molar-refractivity contribution is 0.478. The predicted molar refractivity (Wildman–Crippen MR) is 68.8 cm³/mol. The third-order valence-corrected chi connectivity index (χ3v) is 4.14. The highest BCUT2D eigenvalue weighted by Gasteiger charge is 2.22. The Morgan fingerprint density at radius 1 is 1.50 bits per heavy atom. The van der Waals surface area contributed by atoms with Gasteiger partial charge >= 0.3 is 0 Å². The first-order chi connectivity index (χ1) is 8.18. The predicted octanol–water partition coefficient (Wildman–Crippen LogP) is 2.22. The highest BCUT2D eigenvalue weighted by atomic mass is 35.5. The molecule has 0 aliphatic carbocycles. The first kappa shape index (κ1) is 15.2. The molecule has 1 aromatic heterocycles. The van der Waals surface area contributed by atoms with Crippen molar-refractivity contribution in [1.29, 1.82) is 5.26 Å². The minimum absolute atomic E-state index is 0.00786. The Bertz CT molecular complexity index is 594. The molecule has 0 fully saturated rings. The van der Waals surface area contributed by atoms with Crippen molar-refractivity contribution < 1.29 is 8.42 Å². The van der Waals surface area contributed by atoms with Crippen molar-refractivity contribution in [2.24, 2.45) is 5.41 Å². The molecule has 0 aromatic carbocycles. The van der Waals surface area contributed by atoms with E-state index in [2.05, 4.69) is 9.71 Å². The van der Waals surface area contributed by atoms with Crippen LogP contribution in [0.3, 0.4) is 0 Å². The first-order valence-electron chi connectivity index (χ1n) is 4.90. The smallest absolute Gasteiger partial charge is 0.242 e. The SMILES string of the molecule is CC(C)(C#N)CNS(=O)(=O)c1cnc(Cl)c(Cl)c1. The first-order valence-corrected chi connectivity index (χ1v) is 7.14. The second kappa shape index (κ2) is 5.41. The van der Waals surface area contributed by atoms with E-state index in [4.69, 9.17) is 28.5 Å². The summed E-state index contributed by atoms with van der Waals surface area (Å²) >= 11 is 11.3. The summed E-state index contributed by atoms with van der Waals surface area (Å²) in [4.78, 5) is 3.57. The Balaban J connectivity index is 2.94. The second-order valence-electron chi connectivity index (χ2n) is 4.26. The molecule has 1 N–H and O–H groups in total. The summed E-state index contributed by atoms with van der Waals surface area (Å²) in [7, 11) is -3.75. The minimum atomic E-state index is -3.75. The average molecular weight is 308 g/mol. The topological polar surface area (TPSA) is 82.9 Å². The van der Waals surface area contributed by atoms with Crippen LogP contribution < -0.4 is 4.72 Å². The van der Waals surface area contributed by atoms with Gasteiger partial charge in [0.1, 0.15) is 10.0 Å². The molecular formula is C10H11Cl2N3O2S. The lowest BCUT2D eigenvalue weighted by Crippen LogP contribution is -2.33. The van der Waals surface area contributed by atoms with Gasteiger partial charge in [-0.3, -0.25) is 0 Å². The molecule has 1 aromatic rings. The number of nitrogens with one attached hydrogen (secondary N) is 1. The van der Waals surface area contributed by atoms with E-state index in [0.717, 1.165) is 6.20 Å². The number of hydrogen-bond acceptors (Lipinski definition) is 4. The van der Waals surface area contributed by atoms with Gasteiger partial charge in [-0.15, -0.1) is 0 Å². The Hall–Kier alpha value is -0.870. The van der Waals surface area contributed by atoms with Gasteiger partial charge < -0.3 is 0 Å². The van der Waals surface area contributed by atoms with Gasteiger partial charge in [-0.2, -0.15) is 5.26 Å². The maximum Gasteiger partial charge on any atom is 0.242 e. The minimum Gasteiger partial charge on any atom is -0.242 e. The third kappa shape index (κ3) is 3.82. The lowest BCUT2D eigenvalue weighted by Gasteiger charge is -2.15. The number of halogens is 2. The van der Waals surface area contributed by atoms with Gasteiger partial charge in [-0.05, 0) is 19.9 Å². The van der Waals surface area contributed by atoms with Crippen molar-refractivity contribution in [3.63, 3.8) is 0 Å². The van der Waals surface area contributed by atoms with E-state index < -0.39 is 15.4 Å². The van der Waals surface area contributed by atoms with E-state index in [9.17, 15) is 8.42 Å². The van der Waals surface area contributed by atoms with Crippen LogP contribution in [0.25, 0.3) is 0 Å². The van der Waals surface area contributed by atoms with Crippen molar-refractivity contribution in [2.75, 3.05) is 6.54 Å². The third-order valence-electron chi connectivity index (χ3n) is 2.09. The molecule has 8 heteroatoms. The van der Waals surface area contributed by atoms with E-state index in [-0.39, 0.29) is 21.6 Å². The van der Waals surface area contributed by atoms with Crippen molar-refractivity contribution in [3.05, 3.63) is 22.4 Å². The maximum absolute atomic E-state index is 11.9. The van der Waals surface area contributed by atoms with Crippen LogP contribution in [0, 0.1) is 16.7 Å². The molecule has 0 atom stereocenters. The highest BCUT2D eigenvalue weighted by Crippen LogP contribution is 2.22. The molecule has 0 radical (unpaired) electrons. The Morgan fingerprint density at radius 2 is 2.11 bits per heavy atom. The normalized spacial score (nSPS) is 12.2. The van der Waals surface area contributed by atoms with Crippen molar-refractivity contribution >= 4 is 33.2 Å². The van der Waals surface area contributed by atoms with Gasteiger partial charge in [0.25, 0.3) is 0 Å². The number of nitrogens with zero attached hydrogens (tertiary/aromatic N) is 2. The fourth-order valence-corrected chi connectivity index (χ4v) is 2.47. The van der Waals surface area contributed by atoms with Gasteiger partial charge in [0.15, 0.2) is 0 Å². The van der Waals surface area contributed by atoms with Gasteiger partial charge in [0.05, 0.1) is 16.5 Å². The number of rotatable bonds is 4. The van der Waals surface area contributed by atoms with Crippen LogP contribution in [0.4, 0.5) is 0 Å². The summed E-state index contributed by atoms with van der Waals surface area (Å²) in [6.45, 7) is 3.25. The van der Waals surface area contributed by atoms with Gasteiger partial charge in [-0.1, -0.05) is 23.2 Å². The molecular weight excluding hydrogens is 297 g/mol. The van der Waals surface area contributed by atoms with Gasteiger partial charge in [0.2, 0.25) is 10.0 Å². The van der Waals surface area contributed by atoms with Crippen LogP contribution in [-0.4, -0.2) is 19.9 Å². The monoisotopic (exact) mass is 307 g/mol. The number of nitriles is 1. The summed E-state index contributed by atoms with van der Waals surface area (Å²) in [5.74, 6) is 0. The van der Waals surface area contributed by atoms with Gasteiger partial charge in [0, 0.05) is 12.7 Å². The summed E-state index contributed by atoms with van der Waals surface area (Å²) in [6.07, 6.45) is 1.11. The zero-order valence-corrected chi connectivity index (χ0v) is 12.1. The number of hydrogen-bond donors (Lipinski definition) is 1. The van der Waals surface area contributed by atoms with Crippen LogP contribution in [0.15, 0.2) is 17.2 Å². The fraction of sp³-hybridized carbons (Fsp3) is 0.400. The van der Waals surface area contributed by atoms with Gasteiger partial charge in [-0.25, -0.2) is 18.1 Å². The van der Waals surface area contributed by atoms with Crippen molar-refractivity contribution in [2.45, 2.75) is 18.7 Å². The maximum atomic E-state index is 11.9. The van der Waals surface area contributed by atoms with Crippen molar-refractivity contribution in [3.8, 4) is 6.07 Å². The molecule has 18 heavy (non-hydrogen) atoms. The molecule has 5 nitrogen and oxygen atoms in total. The fourth-order valence-electron chi connectivity index (χ4n) is 0.949. The average Bonchev–Trinajstić information content (AvgIpc) is 2.30. The molecule has 0 spiro atoms. The Labute approximate surface area is 116 Å². The van der Waals surface area contributed by atoms with E-state index in [1.807, 2.05) is 6.07 Å². The van der Waals surface area contributed by atoms with E-state index >= 15 is 0 Å². The largest absolute Gasteiger partial charge is 0.242 e.